The molecular formula is C14H22O. The number of Topliss-reactive ketones (excluding diaryl/α,β-unsaturated/α-hetero) is 1. The van der Waals surface area contributed by atoms with Crippen LogP contribution in [-0.2, 0) is 4.79 Å². The van der Waals surface area contributed by atoms with Crippen molar-refractivity contribution in [3.63, 3.8) is 0 Å². The Hall–Kier alpha value is -0.850. The maximum atomic E-state index is 11.9. The van der Waals surface area contributed by atoms with Gasteiger partial charge in [0.15, 0.2) is 5.78 Å². The van der Waals surface area contributed by atoms with Crippen LogP contribution in [0.1, 0.15) is 52.9 Å². The summed E-state index contributed by atoms with van der Waals surface area (Å²) in [6.45, 7) is 10.2. The molecule has 0 amide bonds. The zero-order valence-corrected chi connectivity index (χ0v) is 10.2. The van der Waals surface area contributed by atoms with Gasteiger partial charge in [-0.1, -0.05) is 39.2 Å². The van der Waals surface area contributed by atoms with Crippen LogP contribution in [0.5, 0.6) is 0 Å². The lowest BCUT2D eigenvalue weighted by Crippen LogP contribution is -2.10. The third kappa shape index (κ3) is 2.58. The number of rotatable bonds is 5. The summed E-state index contributed by atoms with van der Waals surface area (Å²) in [6, 6.07) is 0. The Morgan fingerprint density at radius 3 is 2.27 bits per heavy atom. The second-order valence-electron chi connectivity index (χ2n) is 4.54. The fourth-order valence-corrected chi connectivity index (χ4v) is 2.19. The zero-order valence-electron chi connectivity index (χ0n) is 10.2. The van der Waals surface area contributed by atoms with Gasteiger partial charge in [-0.05, 0) is 37.0 Å². The number of allylic oxidation sites excluding steroid dienone is 3. The molecule has 1 rings (SSSR count). The van der Waals surface area contributed by atoms with E-state index in [1.54, 1.807) is 0 Å². The van der Waals surface area contributed by atoms with Gasteiger partial charge in [0.1, 0.15) is 0 Å². The van der Waals surface area contributed by atoms with Crippen molar-refractivity contribution in [2.75, 3.05) is 0 Å². The summed E-state index contributed by atoms with van der Waals surface area (Å²) >= 11 is 0. The van der Waals surface area contributed by atoms with Gasteiger partial charge in [0.05, 0.1) is 0 Å². The molecule has 1 unspecified atom stereocenters. The van der Waals surface area contributed by atoms with Crippen molar-refractivity contribution < 1.29 is 4.79 Å². The molecule has 0 bridgehead atoms. The van der Waals surface area contributed by atoms with Crippen LogP contribution in [0.15, 0.2) is 23.3 Å². The van der Waals surface area contributed by atoms with Crippen LogP contribution in [0.4, 0.5) is 0 Å². The molecule has 15 heavy (non-hydrogen) atoms. The molecule has 0 aromatic carbocycles. The van der Waals surface area contributed by atoms with Gasteiger partial charge in [-0.3, -0.25) is 4.79 Å². The first-order valence-corrected chi connectivity index (χ1v) is 6.00. The van der Waals surface area contributed by atoms with Crippen molar-refractivity contribution in [3.8, 4) is 0 Å². The molecule has 1 atom stereocenters. The predicted octanol–water partition coefficient (Wildman–Crippen LogP) is 4.05. The van der Waals surface area contributed by atoms with Crippen molar-refractivity contribution in [2.45, 2.75) is 52.9 Å². The smallest absolute Gasteiger partial charge is 0.166 e. The van der Waals surface area contributed by atoms with Gasteiger partial charge in [-0.15, -0.1) is 0 Å². The molecule has 0 aromatic heterocycles. The third-order valence-corrected chi connectivity index (χ3v) is 3.50. The van der Waals surface area contributed by atoms with Gasteiger partial charge < -0.3 is 0 Å². The Labute approximate surface area is 93.3 Å². The Kier molecular flexibility index (Phi) is 4.31. The van der Waals surface area contributed by atoms with Crippen LogP contribution in [-0.4, -0.2) is 5.78 Å². The van der Waals surface area contributed by atoms with Gasteiger partial charge >= 0.3 is 0 Å². The molecule has 1 heteroatoms. The summed E-state index contributed by atoms with van der Waals surface area (Å²) in [5.41, 5.74) is 3.12. The minimum atomic E-state index is 0.0989. The van der Waals surface area contributed by atoms with Crippen LogP contribution in [0.2, 0.25) is 0 Å². The molecule has 0 saturated heterocycles. The van der Waals surface area contributed by atoms with E-state index in [-0.39, 0.29) is 5.92 Å². The fraction of sp³-hybridized carbons (Fsp3) is 0.643. The van der Waals surface area contributed by atoms with E-state index >= 15 is 0 Å². The van der Waals surface area contributed by atoms with E-state index < -0.39 is 0 Å². The second-order valence-corrected chi connectivity index (χ2v) is 4.54. The fourth-order valence-electron chi connectivity index (χ4n) is 2.19. The van der Waals surface area contributed by atoms with Crippen LogP contribution in [0.3, 0.4) is 0 Å². The summed E-state index contributed by atoms with van der Waals surface area (Å²) in [6.07, 6.45) is 5.91. The average molecular weight is 206 g/mol. The maximum Gasteiger partial charge on any atom is 0.166 e. The van der Waals surface area contributed by atoms with Gasteiger partial charge in [-0.2, -0.15) is 0 Å². The monoisotopic (exact) mass is 206 g/mol. The first-order chi connectivity index (χ1) is 7.09. The summed E-state index contributed by atoms with van der Waals surface area (Å²) in [5.74, 6) is 0.413. The number of hydrogen-bond acceptors (Lipinski definition) is 1. The minimum Gasteiger partial charge on any atom is -0.294 e. The standard InChI is InChI=1S/C14H22O/c1-5-6-7-8-9-13-11(3)10(2)12(4)14(13)15/h13H,3,5-9H2,1-2,4H3. The maximum absolute atomic E-state index is 11.9. The first kappa shape index (κ1) is 12.2. The molecule has 0 N–H and O–H groups in total. The van der Waals surface area contributed by atoms with Gasteiger partial charge in [0, 0.05) is 5.92 Å². The lowest BCUT2D eigenvalue weighted by atomic mass is 9.93. The van der Waals surface area contributed by atoms with Crippen molar-refractivity contribution in [2.24, 2.45) is 5.92 Å². The van der Waals surface area contributed by atoms with Gasteiger partial charge in [0.25, 0.3) is 0 Å². The Morgan fingerprint density at radius 2 is 1.80 bits per heavy atom. The van der Waals surface area contributed by atoms with Crippen LogP contribution < -0.4 is 0 Å². The van der Waals surface area contributed by atoms with E-state index in [0.29, 0.717) is 5.78 Å². The van der Waals surface area contributed by atoms with Gasteiger partial charge in [-0.25, -0.2) is 0 Å². The second kappa shape index (κ2) is 5.29. The highest BCUT2D eigenvalue weighted by Gasteiger charge is 2.30. The van der Waals surface area contributed by atoms with E-state index in [2.05, 4.69) is 13.5 Å². The first-order valence-electron chi connectivity index (χ1n) is 6.00. The topological polar surface area (TPSA) is 17.1 Å². The highest BCUT2D eigenvalue weighted by molar-refractivity contribution is 6.03. The lowest BCUT2D eigenvalue weighted by Gasteiger charge is -2.10. The number of ketones is 1. The normalized spacial score (nSPS) is 21.7. The minimum absolute atomic E-state index is 0.0989. The van der Waals surface area contributed by atoms with Crippen molar-refractivity contribution in [1.29, 1.82) is 0 Å². The third-order valence-electron chi connectivity index (χ3n) is 3.50. The molecule has 1 nitrogen and oxygen atoms in total. The highest BCUT2D eigenvalue weighted by atomic mass is 16.1. The molecule has 0 radical (unpaired) electrons. The number of carbonyl (C=O) groups is 1. The summed E-state index contributed by atoms with van der Waals surface area (Å²) in [5, 5.41) is 0. The molecule has 0 aliphatic heterocycles. The molecule has 0 aromatic rings. The SMILES string of the molecule is C=C1C(C)=C(C)C(=O)C1CCCCCC. The average Bonchev–Trinajstić information content (AvgIpc) is 2.41. The number of unbranched alkanes of at least 4 members (excludes halogenated alkanes) is 3. The van der Waals surface area contributed by atoms with Crippen molar-refractivity contribution in [3.05, 3.63) is 23.3 Å². The highest BCUT2D eigenvalue weighted by Crippen LogP contribution is 2.35. The molecule has 1 aliphatic rings. The Bertz CT molecular complexity index is 272. The molecule has 0 heterocycles. The molecule has 84 valence electrons. The zero-order chi connectivity index (χ0) is 11.4. The van der Waals surface area contributed by atoms with E-state index in [4.69, 9.17) is 0 Å². The van der Waals surface area contributed by atoms with Gasteiger partial charge in [0.2, 0.25) is 0 Å². The van der Waals surface area contributed by atoms with E-state index in [1.165, 1.54) is 19.3 Å². The van der Waals surface area contributed by atoms with Crippen LogP contribution in [0, 0.1) is 5.92 Å². The summed E-state index contributed by atoms with van der Waals surface area (Å²) in [4.78, 5) is 11.9. The van der Waals surface area contributed by atoms with Crippen molar-refractivity contribution >= 4 is 5.78 Å². The Morgan fingerprint density at radius 1 is 1.13 bits per heavy atom. The van der Waals surface area contributed by atoms with Crippen LogP contribution >= 0.6 is 0 Å². The van der Waals surface area contributed by atoms with E-state index in [9.17, 15) is 4.79 Å². The Balaban J connectivity index is 2.46. The van der Waals surface area contributed by atoms with Crippen LogP contribution in [0.25, 0.3) is 0 Å². The number of carbonyl (C=O) groups excluding carboxylic acids is 1. The molecule has 0 fully saturated rings. The molecular weight excluding hydrogens is 184 g/mol. The summed E-state index contributed by atoms with van der Waals surface area (Å²) < 4.78 is 0. The quantitative estimate of drug-likeness (QED) is 0.620. The number of hydrogen-bond donors (Lipinski definition) is 0. The van der Waals surface area contributed by atoms with Crippen molar-refractivity contribution in [1.82, 2.24) is 0 Å². The van der Waals surface area contributed by atoms with E-state index in [1.807, 2.05) is 13.8 Å². The molecule has 0 spiro atoms. The predicted molar refractivity (Wildman–Crippen MR) is 64.8 cm³/mol. The summed E-state index contributed by atoms with van der Waals surface area (Å²) in [7, 11) is 0. The molecule has 0 saturated carbocycles. The largest absolute Gasteiger partial charge is 0.294 e. The molecule has 1 aliphatic carbocycles. The van der Waals surface area contributed by atoms with E-state index in [0.717, 1.165) is 29.6 Å². The lowest BCUT2D eigenvalue weighted by molar-refractivity contribution is -0.117.